The van der Waals surface area contributed by atoms with Gasteiger partial charge >= 0.3 is 0 Å². The van der Waals surface area contributed by atoms with Crippen molar-refractivity contribution in [3.05, 3.63) is 24.3 Å². The van der Waals surface area contributed by atoms with Crippen LogP contribution < -0.4 is 15.0 Å². The second-order valence-corrected chi connectivity index (χ2v) is 8.07. The van der Waals surface area contributed by atoms with Crippen molar-refractivity contribution in [2.24, 2.45) is 16.3 Å². The van der Waals surface area contributed by atoms with Crippen LogP contribution in [0, 0.1) is 11.3 Å². The number of ether oxygens (including phenoxy) is 1. The van der Waals surface area contributed by atoms with Gasteiger partial charge in [-0.1, -0.05) is 19.9 Å². The van der Waals surface area contributed by atoms with Gasteiger partial charge in [-0.2, -0.15) is 0 Å². The Morgan fingerprint density at radius 2 is 2.15 bits per heavy atom. The molecule has 5 nitrogen and oxygen atoms in total. The largest absolute Gasteiger partial charge is 0.497 e. The topological polar surface area (TPSA) is 40.1 Å². The standard InChI is InChI=1S/C20H32N4O.HI/c1-20(2)9-11-24(15-20)19(21-3)22-13-16-8-10-23(14-16)17-6-5-7-18(12-17)25-4;/h5-7,12,16H,8-11,13-15H2,1-4H3,(H,21,22);1H. The van der Waals surface area contributed by atoms with E-state index in [1.165, 1.54) is 18.5 Å². The van der Waals surface area contributed by atoms with Gasteiger partial charge < -0.3 is 19.9 Å². The Morgan fingerprint density at radius 1 is 1.35 bits per heavy atom. The minimum absolute atomic E-state index is 0. The highest BCUT2D eigenvalue weighted by molar-refractivity contribution is 14.0. The molecule has 1 atom stereocenters. The second-order valence-electron chi connectivity index (χ2n) is 8.07. The fourth-order valence-electron chi connectivity index (χ4n) is 3.90. The molecular weight excluding hydrogens is 439 g/mol. The van der Waals surface area contributed by atoms with Crippen LogP contribution in [0.4, 0.5) is 5.69 Å². The zero-order chi connectivity index (χ0) is 17.9. The first-order chi connectivity index (χ1) is 12.0. The molecule has 1 unspecified atom stereocenters. The summed E-state index contributed by atoms with van der Waals surface area (Å²) in [5, 5.41) is 3.61. The SMILES string of the molecule is CN=C(NCC1CCN(c2cccc(OC)c2)C1)N1CCC(C)(C)C1.I. The second kappa shape index (κ2) is 9.15. The summed E-state index contributed by atoms with van der Waals surface area (Å²) in [4.78, 5) is 9.35. The van der Waals surface area contributed by atoms with E-state index in [9.17, 15) is 0 Å². The Hall–Kier alpha value is -1.18. The van der Waals surface area contributed by atoms with Gasteiger partial charge in [-0.3, -0.25) is 4.99 Å². The van der Waals surface area contributed by atoms with E-state index >= 15 is 0 Å². The van der Waals surface area contributed by atoms with Crippen LogP contribution in [0.1, 0.15) is 26.7 Å². The van der Waals surface area contributed by atoms with Crippen molar-refractivity contribution >= 4 is 35.6 Å². The summed E-state index contributed by atoms with van der Waals surface area (Å²) in [6.07, 6.45) is 2.45. The predicted molar refractivity (Wildman–Crippen MR) is 120 cm³/mol. The van der Waals surface area contributed by atoms with Gasteiger partial charge in [0.05, 0.1) is 7.11 Å². The van der Waals surface area contributed by atoms with Crippen LogP contribution in [0.3, 0.4) is 0 Å². The summed E-state index contributed by atoms with van der Waals surface area (Å²) in [5.74, 6) is 2.64. The molecule has 0 spiro atoms. The number of guanidine groups is 1. The van der Waals surface area contributed by atoms with E-state index in [2.05, 4.69) is 52.2 Å². The Labute approximate surface area is 175 Å². The zero-order valence-corrected chi connectivity index (χ0v) is 18.8. The highest BCUT2D eigenvalue weighted by Gasteiger charge is 2.31. The molecular formula is C20H33IN4O. The van der Waals surface area contributed by atoms with Gasteiger partial charge in [0, 0.05) is 51.5 Å². The van der Waals surface area contributed by atoms with Crippen LogP contribution >= 0.6 is 24.0 Å². The number of aliphatic imine (C=N–C) groups is 1. The van der Waals surface area contributed by atoms with E-state index in [1.54, 1.807) is 7.11 Å². The van der Waals surface area contributed by atoms with E-state index < -0.39 is 0 Å². The third-order valence-corrected chi connectivity index (χ3v) is 5.44. The van der Waals surface area contributed by atoms with Crippen LogP contribution in [-0.4, -0.2) is 57.7 Å². The number of hydrogen-bond donors (Lipinski definition) is 1. The molecule has 6 heteroatoms. The Morgan fingerprint density at radius 3 is 2.81 bits per heavy atom. The summed E-state index contributed by atoms with van der Waals surface area (Å²) in [5.41, 5.74) is 1.65. The minimum Gasteiger partial charge on any atom is -0.497 e. The first-order valence-corrected chi connectivity index (χ1v) is 9.35. The maximum atomic E-state index is 5.35. The molecule has 2 fully saturated rings. The monoisotopic (exact) mass is 472 g/mol. The van der Waals surface area contributed by atoms with Crippen LogP contribution in [0.5, 0.6) is 5.75 Å². The summed E-state index contributed by atoms with van der Waals surface area (Å²) in [6, 6.07) is 8.36. The van der Waals surface area contributed by atoms with Gasteiger partial charge in [0.1, 0.15) is 5.75 Å². The van der Waals surface area contributed by atoms with Gasteiger partial charge in [0.25, 0.3) is 0 Å². The molecule has 26 heavy (non-hydrogen) atoms. The molecule has 0 radical (unpaired) electrons. The lowest BCUT2D eigenvalue weighted by molar-refractivity contribution is 0.368. The lowest BCUT2D eigenvalue weighted by Gasteiger charge is -2.25. The first-order valence-electron chi connectivity index (χ1n) is 9.35. The highest BCUT2D eigenvalue weighted by Crippen LogP contribution is 2.29. The number of benzene rings is 1. The average Bonchev–Trinajstić information content (AvgIpc) is 3.22. The third kappa shape index (κ3) is 5.18. The van der Waals surface area contributed by atoms with Crippen molar-refractivity contribution in [2.45, 2.75) is 26.7 Å². The number of nitrogens with one attached hydrogen (secondary N) is 1. The number of rotatable bonds is 4. The van der Waals surface area contributed by atoms with E-state index in [4.69, 9.17) is 4.74 Å². The van der Waals surface area contributed by atoms with Gasteiger partial charge in [-0.15, -0.1) is 24.0 Å². The van der Waals surface area contributed by atoms with Crippen molar-refractivity contribution in [3.63, 3.8) is 0 Å². The maximum Gasteiger partial charge on any atom is 0.193 e. The molecule has 146 valence electrons. The average molecular weight is 472 g/mol. The van der Waals surface area contributed by atoms with Crippen LogP contribution in [0.2, 0.25) is 0 Å². The molecule has 2 aliphatic rings. The lowest BCUT2D eigenvalue weighted by Crippen LogP contribution is -2.42. The van der Waals surface area contributed by atoms with E-state index in [-0.39, 0.29) is 24.0 Å². The summed E-state index contributed by atoms with van der Waals surface area (Å²) >= 11 is 0. The van der Waals surface area contributed by atoms with E-state index in [1.807, 2.05) is 13.1 Å². The van der Waals surface area contributed by atoms with Crippen LogP contribution in [0.25, 0.3) is 0 Å². The zero-order valence-electron chi connectivity index (χ0n) is 16.5. The van der Waals surface area contributed by atoms with Crippen LogP contribution in [-0.2, 0) is 0 Å². The lowest BCUT2D eigenvalue weighted by atomic mass is 9.93. The number of nitrogens with zero attached hydrogens (tertiary/aromatic N) is 3. The van der Waals surface area contributed by atoms with Crippen molar-refractivity contribution in [2.75, 3.05) is 51.8 Å². The summed E-state index contributed by atoms with van der Waals surface area (Å²) < 4.78 is 5.35. The maximum absolute atomic E-state index is 5.35. The molecule has 1 aromatic carbocycles. The highest BCUT2D eigenvalue weighted by atomic mass is 127. The quantitative estimate of drug-likeness (QED) is 0.414. The van der Waals surface area contributed by atoms with Gasteiger partial charge in [0.15, 0.2) is 5.96 Å². The molecule has 2 saturated heterocycles. The Balaban J connectivity index is 0.00000243. The number of methoxy groups -OCH3 is 1. The predicted octanol–water partition coefficient (Wildman–Crippen LogP) is 3.45. The molecule has 0 aromatic heterocycles. The molecule has 0 aliphatic carbocycles. The number of halogens is 1. The number of anilines is 1. The minimum atomic E-state index is 0. The molecule has 0 saturated carbocycles. The van der Waals surface area contributed by atoms with Gasteiger partial charge in [-0.25, -0.2) is 0 Å². The number of likely N-dealkylation sites (tertiary alicyclic amines) is 1. The molecule has 1 N–H and O–H groups in total. The van der Waals surface area contributed by atoms with Crippen molar-refractivity contribution in [1.29, 1.82) is 0 Å². The fourth-order valence-corrected chi connectivity index (χ4v) is 3.90. The Bertz CT molecular complexity index is 620. The number of hydrogen-bond acceptors (Lipinski definition) is 3. The molecule has 2 aliphatic heterocycles. The van der Waals surface area contributed by atoms with Gasteiger partial charge in [-0.05, 0) is 36.3 Å². The molecule has 3 rings (SSSR count). The smallest absolute Gasteiger partial charge is 0.193 e. The summed E-state index contributed by atoms with van der Waals surface area (Å²) in [7, 11) is 3.62. The van der Waals surface area contributed by atoms with Crippen LogP contribution in [0.15, 0.2) is 29.3 Å². The first kappa shape index (κ1) is 21.1. The molecule has 1 aromatic rings. The van der Waals surface area contributed by atoms with E-state index in [0.29, 0.717) is 11.3 Å². The third-order valence-electron chi connectivity index (χ3n) is 5.44. The summed E-state index contributed by atoms with van der Waals surface area (Å²) in [6.45, 7) is 10.1. The van der Waals surface area contributed by atoms with Gasteiger partial charge in [0.2, 0.25) is 0 Å². The molecule has 2 heterocycles. The molecule has 0 bridgehead atoms. The normalized spacial score (nSPS) is 22.3. The Kier molecular flexibility index (Phi) is 7.43. The van der Waals surface area contributed by atoms with E-state index in [0.717, 1.165) is 44.4 Å². The van der Waals surface area contributed by atoms with Crippen molar-refractivity contribution < 1.29 is 4.74 Å². The van der Waals surface area contributed by atoms with Crippen molar-refractivity contribution in [3.8, 4) is 5.75 Å². The fraction of sp³-hybridized carbons (Fsp3) is 0.650. The van der Waals surface area contributed by atoms with Crippen molar-refractivity contribution in [1.82, 2.24) is 10.2 Å². The molecule has 0 amide bonds.